The third-order valence-electron chi connectivity index (χ3n) is 1.89. The largest absolute Gasteiger partial charge is 0.497 e. The molecule has 0 saturated carbocycles. The summed E-state index contributed by atoms with van der Waals surface area (Å²) in [5.74, 6) is 0.533. The van der Waals surface area contributed by atoms with Gasteiger partial charge in [-0.15, -0.1) is 0 Å². The van der Waals surface area contributed by atoms with Gasteiger partial charge >= 0.3 is 5.97 Å². The maximum absolute atomic E-state index is 10.2. The SMILES string of the molecule is C=C(C)C(=O)OC.C=Cc1ccc(OC)cc1. The van der Waals surface area contributed by atoms with Crippen molar-refractivity contribution in [3.8, 4) is 5.75 Å². The summed E-state index contributed by atoms with van der Waals surface area (Å²) in [5, 5.41) is 0. The van der Waals surface area contributed by atoms with Gasteiger partial charge in [0.1, 0.15) is 5.75 Å². The Kier molecular flexibility index (Phi) is 7.19. The highest BCUT2D eigenvalue weighted by molar-refractivity contribution is 5.86. The van der Waals surface area contributed by atoms with E-state index >= 15 is 0 Å². The molecule has 1 aromatic carbocycles. The molecule has 0 aromatic heterocycles. The van der Waals surface area contributed by atoms with E-state index < -0.39 is 0 Å². The van der Waals surface area contributed by atoms with Gasteiger partial charge in [0.05, 0.1) is 14.2 Å². The minimum absolute atomic E-state index is 0.347. The third kappa shape index (κ3) is 6.20. The van der Waals surface area contributed by atoms with Crippen LogP contribution < -0.4 is 4.74 Å². The summed E-state index contributed by atoms with van der Waals surface area (Å²) in [5.41, 5.74) is 1.54. The number of carbonyl (C=O) groups excluding carboxylic acids is 1. The van der Waals surface area contributed by atoms with Gasteiger partial charge in [0.2, 0.25) is 0 Å². The molecule has 0 fully saturated rings. The van der Waals surface area contributed by atoms with Gasteiger partial charge < -0.3 is 9.47 Å². The third-order valence-corrected chi connectivity index (χ3v) is 1.89. The number of benzene rings is 1. The van der Waals surface area contributed by atoms with E-state index in [4.69, 9.17) is 4.74 Å². The molecule has 0 aliphatic rings. The van der Waals surface area contributed by atoms with Crippen LogP contribution in [-0.4, -0.2) is 20.2 Å². The van der Waals surface area contributed by atoms with E-state index in [0.717, 1.165) is 11.3 Å². The molecule has 0 bridgehead atoms. The average Bonchev–Trinajstić information content (AvgIpc) is 2.38. The summed E-state index contributed by atoms with van der Waals surface area (Å²) in [6, 6.07) is 7.76. The van der Waals surface area contributed by atoms with Gasteiger partial charge in [-0.3, -0.25) is 0 Å². The van der Waals surface area contributed by atoms with Crippen LogP contribution in [-0.2, 0) is 9.53 Å². The van der Waals surface area contributed by atoms with E-state index in [-0.39, 0.29) is 5.97 Å². The fourth-order valence-corrected chi connectivity index (χ4v) is 0.914. The summed E-state index contributed by atoms with van der Waals surface area (Å²) >= 11 is 0. The molecule has 0 spiro atoms. The first kappa shape index (κ1) is 15.0. The second kappa shape index (κ2) is 8.16. The van der Waals surface area contributed by atoms with E-state index in [2.05, 4.69) is 17.9 Å². The molecule has 0 saturated heterocycles. The lowest BCUT2D eigenvalue weighted by molar-refractivity contribution is -0.136. The van der Waals surface area contributed by atoms with Crippen LogP contribution in [0.5, 0.6) is 5.75 Å². The lowest BCUT2D eigenvalue weighted by Gasteiger charge is -1.97. The van der Waals surface area contributed by atoms with Crippen molar-refractivity contribution in [3.05, 3.63) is 48.6 Å². The van der Waals surface area contributed by atoms with Gasteiger partial charge in [-0.05, 0) is 24.6 Å². The average molecular weight is 234 g/mol. The Morgan fingerprint density at radius 1 is 1.24 bits per heavy atom. The first-order chi connectivity index (χ1) is 8.04. The van der Waals surface area contributed by atoms with Crippen LogP contribution in [0.3, 0.4) is 0 Å². The topological polar surface area (TPSA) is 35.5 Å². The second-order valence-corrected chi connectivity index (χ2v) is 3.25. The van der Waals surface area contributed by atoms with Crippen LogP contribution in [0.25, 0.3) is 6.08 Å². The quantitative estimate of drug-likeness (QED) is 0.595. The van der Waals surface area contributed by atoms with Crippen molar-refractivity contribution in [1.29, 1.82) is 0 Å². The highest BCUT2D eigenvalue weighted by atomic mass is 16.5. The normalized spacial score (nSPS) is 8.41. The zero-order valence-corrected chi connectivity index (χ0v) is 10.5. The van der Waals surface area contributed by atoms with E-state index in [9.17, 15) is 4.79 Å². The van der Waals surface area contributed by atoms with Crippen LogP contribution in [0.15, 0.2) is 43.0 Å². The highest BCUT2D eigenvalue weighted by Crippen LogP contribution is 2.11. The fraction of sp³-hybridized carbons (Fsp3) is 0.214. The number of hydrogen-bond acceptors (Lipinski definition) is 3. The molecule has 3 heteroatoms. The maximum atomic E-state index is 10.2. The number of ether oxygens (including phenoxy) is 2. The molecule has 17 heavy (non-hydrogen) atoms. The smallest absolute Gasteiger partial charge is 0.332 e. The first-order valence-corrected chi connectivity index (χ1v) is 5.05. The predicted octanol–water partition coefficient (Wildman–Crippen LogP) is 3.07. The standard InChI is InChI=1S/C9H10O.C5H8O2/c1-3-8-4-6-9(10-2)7-5-8;1-4(2)5(6)7-3/h3-7H,1H2,2H3;1H2,2-3H3. The Balaban J connectivity index is 0.000000325. The molecule has 1 rings (SSSR count). The van der Waals surface area contributed by atoms with E-state index in [0.29, 0.717) is 5.57 Å². The van der Waals surface area contributed by atoms with Crippen LogP contribution in [0, 0.1) is 0 Å². The number of esters is 1. The number of methoxy groups -OCH3 is 2. The monoisotopic (exact) mass is 234 g/mol. The summed E-state index contributed by atoms with van der Waals surface area (Å²) in [4.78, 5) is 10.2. The van der Waals surface area contributed by atoms with Gasteiger partial charge in [-0.1, -0.05) is 31.4 Å². The Bertz CT molecular complexity index is 377. The van der Waals surface area contributed by atoms with E-state index in [1.54, 1.807) is 20.1 Å². The maximum Gasteiger partial charge on any atom is 0.332 e. The van der Waals surface area contributed by atoms with Crippen LogP contribution in [0.2, 0.25) is 0 Å². The zero-order chi connectivity index (χ0) is 13.3. The molecule has 0 amide bonds. The molecule has 0 aliphatic carbocycles. The molecule has 0 aliphatic heterocycles. The Labute approximate surface area is 102 Å². The molecular weight excluding hydrogens is 216 g/mol. The van der Waals surface area contributed by atoms with Crippen molar-refractivity contribution in [2.45, 2.75) is 6.92 Å². The lowest BCUT2D eigenvalue weighted by Crippen LogP contribution is -1.98. The predicted molar refractivity (Wildman–Crippen MR) is 69.9 cm³/mol. The summed E-state index contributed by atoms with van der Waals surface area (Å²) < 4.78 is 9.25. The molecule has 0 radical (unpaired) electrons. The molecule has 0 heterocycles. The minimum Gasteiger partial charge on any atom is -0.497 e. The van der Waals surface area contributed by atoms with Crippen LogP contribution >= 0.6 is 0 Å². The van der Waals surface area contributed by atoms with Crippen molar-refractivity contribution < 1.29 is 14.3 Å². The zero-order valence-electron chi connectivity index (χ0n) is 10.5. The summed E-state index contributed by atoms with van der Waals surface area (Å²) in [7, 11) is 2.99. The molecule has 1 aromatic rings. The van der Waals surface area contributed by atoms with Crippen molar-refractivity contribution >= 4 is 12.0 Å². The van der Waals surface area contributed by atoms with Crippen molar-refractivity contribution in [2.75, 3.05) is 14.2 Å². The van der Waals surface area contributed by atoms with Gasteiger partial charge in [0.25, 0.3) is 0 Å². The Morgan fingerprint density at radius 3 is 2.00 bits per heavy atom. The molecule has 92 valence electrons. The van der Waals surface area contributed by atoms with Gasteiger partial charge in [0, 0.05) is 5.57 Å². The van der Waals surface area contributed by atoms with Crippen LogP contribution in [0.4, 0.5) is 0 Å². The molecule has 0 unspecified atom stereocenters. The molecule has 3 nitrogen and oxygen atoms in total. The minimum atomic E-state index is -0.347. The lowest BCUT2D eigenvalue weighted by atomic mass is 10.2. The van der Waals surface area contributed by atoms with Gasteiger partial charge in [-0.25, -0.2) is 4.79 Å². The van der Waals surface area contributed by atoms with Crippen molar-refractivity contribution in [3.63, 3.8) is 0 Å². The summed E-state index contributed by atoms with van der Waals surface area (Å²) in [6.45, 7) is 8.60. The van der Waals surface area contributed by atoms with E-state index in [1.807, 2.05) is 24.3 Å². The Morgan fingerprint density at radius 2 is 1.76 bits per heavy atom. The van der Waals surface area contributed by atoms with Gasteiger partial charge in [-0.2, -0.15) is 0 Å². The second-order valence-electron chi connectivity index (χ2n) is 3.25. The number of carbonyl (C=O) groups is 1. The molecule has 0 N–H and O–H groups in total. The molecular formula is C14H18O3. The highest BCUT2D eigenvalue weighted by Gasteiger charge is 1.95. The fourth-order valence-electron chi connectivity index (χ4n) is 0.914. The van der Waals surface area contributed by atoms with Crippen LogP contribution in [0.1, 0.15) is 12.5 Å². The van der Waals surface area contributed by atoms with Crippen molar-refractivity contribution in [1.82, 2.24) is 0 Å². The van der Waals surface area contributed by atoms with E-state index in [1.165, 1.54) is 7.11 Å². The summed E-state index contributed by atoms with van der Waals surface area (Å²) in [6.07, 6.45) is 1.80. The van der Waals surface area contributed by atoms with Gasteiger partial charge in [0.15, 0.2) is 0 Å². The number of hydrogen-bond donors (Lipinski definition) is 0. The number of rotatable bonds is 3. The molecule has 0 atom stereocenters. The Hall–Kier alpha value is -2.03. The first-order valence-electron chi connectivity index (χ1n) is 5.05. The van der Waals surface area contributed by atoms with Crippen molar-refractivity contribution in [2.24, 2.45) is 0 Å².